The van der Waals surface area contributed by atoms with Gasteiger partial charge in [0.05, 0.1) is 60.5 Å². The van der Waals surface area contributed by atoms with Crippen LogP contribution in [0, 0.1) is 23.3 Å². The number of nitrogens with zero attached hydrogens (tertiary/aromatic N) is 3. The first-order valence-corrected chi connectivity index (χ1v) is 23.1. The van der Waals surface area contributed by atoms with Crippen molar-refractivity contribution in [1.29, 1.82) is 0 Å². The topological polar surface area (TPSA) is 230 Å². The summed E-state index contributed by atoms with van der Waals surface area (Å²) in [5.41, 5.74) is -2.07. The van der Waals surface area contributed by atoms with Crippen molar-refractivity contribution in [3.63, 3.8) is 0 Å². The Morgan fingerprint density at radius 3 is 1.50 bits per heavy atom. The molecule has 0 radical (unpaired) electrons. The first kappa shape index (κ1) is 46.8. The van der Waals surface area contributed by atoms with E-state index >= 15 is 8.78 Å². The molecule has 4 aromatic carbocycles. The van der Waals surface area contributed by atoms with Gasteiger partial charge in [0, 0.05) is 12.4 Å². The van der Waals surface area contributed by atoms with Crippen molar-refractivity contribution >= 4 is 76.7 Å². The highest BCUT2D eigenvalue weighted by Gasteiger charge is 2.29. The molecular weight excluding hydrogens is 928 g/mol. The van der Waals surface area contributed by atoms with E-state index in [1.165, 1.54) is 36.8 Å². The van der Waals surface area contributed by atoms with Crippen LogP contribution in [0.15, 0.2) is 112 Å². The van der Waals surface area contributed by atoms with Crippen LogP contribution in [0.2, 0.25) is 5.15 Å². The predicted octanol–water partition coefficient (Wildman–Crippen LogP) is 8.39. The Bertz CT molecular complexity index is 3460. The molecule has 4 aromatic heterocycles. The molecule has 8 rings (SSSR count). The van der Waals surface area contributed by atoms with Gasteiger partial charge < -0.3 is 15.0 Å². The molecule has 0 aliphatic heterocycles. The second-order valence-corrected chi connectivity index (χ2v) is 18.2. The Labute approximate surface area is 377 Å². The van der Waals surface area contributed by atoms with Gasteiger partial charge in [-0.2, -0.15) is 0 Å². The number of sulfonamides is 2. The molecule has 0 aliphatic rings. The lowest BCUT2D eigenvalue weighted by atomic mass is 10.0. The van der Waals surface area contributed by atoms with Gasteiger partial charge in [-0.25, -0.2) is 49.3 Å². The molecule has 22 heteroatoms. The fourth-order valence-corrected chi connectivity index (χ4v) is 9.21. The normalized spacial score (nSPS) is 11.6. The third-order valence-electron chi connectivity index (χ3n) is 10.1. The number of rotatable bonds is 14. The van der Waals surface area contributed by atoms with E-state index in [0.717, 1.165) is 73.6 Å². The van der Waals surface area contributed by atoms with Crippen LogP contribution in [0.4, 0.5) is 28.9 Å². The number of aryl methyl sites for hydroxylation is 2. The van der Waals surface area contributed by atoms with E-state index in [9.17, 15) is 40.0 Å². The van der Waals surface area contributed by atoms with Crippen LogP contribution in [-0.2, 0) is 32.9 Å². The van der Waals surface area contributed by atoms with Crippen LogP contribution in [0.25, 0.3) is 22.1 Å². The fraction of sp³-hybridized carbons (Fsp3) is 0.136. The number of carbonyl (C=O) groups excluding carboxylic acids is 2. The van der Waals surface area contributed by atoms with Gasteiger partial charge in [-0.05, 0) is 72.5 Å². The summed E-state index contributed by atoms with van der Waals surface area (Å²) in [6, 6.07) is 15.6. The molecule has 0 fully saturated rings. The quantitative estimate of drug-likeness (QED) is 0.0397. The summed E-state index contributed by atoms with van der Waals surface area (Å²) in [5, 5.41) is -0.144. The summed E-state index contributed by atoms with van der Waals surface area (Å²) in [6.07, 6.45) is 7.95. The number of carbonyl (C=O) groups is 2. The summed E-state index contributed by atoms with van der Waals surface area (Å²) >= 11 is 6.03. The number of benzene rings is 4. The van der Waals surface area contributed by atoms with Crippen molar-refractivity contribution in [3.05, 3.63) is 170 Å². The number of hydrogen-bond acceptors (Lipinski definition) is 10. The highest BCUT2D eigenvalue weighted by atomic mass is 35.5. The first-order chi connectivity index (χ1) is 31.4. The molecule has 0 saturated carbocycles. The highest BCUT2D eigenvalue weighted by Crippen LogP contribution is 2.31. The lowest BCUT2D eigenvalue weighted by molar-refractivity contribution is 0.102. The van der Waals surface area contributed by atoms with Crippen molar-refractivity contribution in [3.8, 4) is 0 Å². The monoisotopic (exact) mass is 962 g/mol. The second kappa shape index (κ2) is 19.1. The van der Waals surface area contributed by atoms with E-state index < -0.39 is 82.9 Å². The summed E-state index contributed by atoms with van der Waals surface area (Å²) in [5.74, 6) is -7.31. The van der Waals surface area contributed by atoms with Gasteiger partial charge in [0.1, 0.15) is 34.4 Å². The first-order valence-electron chi connectivity index (χ1n) is 19.8. The number of anilines is 2. The van der Waals surface area contributed by atoms with E-state index in [0.29, 0.717) is 0 Å². The molecule has 4 heterocycles. The minimum atomic E-state index is -4.21. The van der Waals surface area contributed by atoms with E-state index in [1.54, 1.807) is 24.3 Å². The van der Waals surface area contributed by atoms with E-state index in [2.05, 4.69) is 39.3 Å². The lowest BCUT2D eigenvalue weighted by Gasteiger charge is -2.12. The average Bonchev–Trinajstić information content (AvgIpc) is 3.93. The maximum absolute atomic E-state index is 15.2. The number of aromatic nitrogens is 6. The highest BCUT2D eigenvalue weighted by molar-refractivity contribution is 7.93. The molecule has 0 aliphatic carbocycles. The van der Waals surface area contributed by atoms with Crippen molar-refractivity contribution in [2.24, 2.45) is 0 Å². The zero-order valence-corrected chi connectivity index (χ0v) is 36.9. The zero-order valence-electron chi connectivity index (χ0n) is 34.5. The summed E-state index contributed by atoms with van der Waals surface area (Å²) < 4.78 is 115. The standard InChI is InChI=1S/C22H17ClF2N4O3S.C22H18F2N4O4S/c1-2-3-12-4-6-13(7-5-12)33(31,32)29-16-9-8-15(24)18(19(16)25)20(30)14-10-26-22-17(14)21(23)27-11-28-22;1-2-3-12-4-6-13(7-5-12)33(31,32)28-16-9-8-15(23)18(19(16)24)20(29)14-10-25-21-17(14)22(30)27-11-26-21/h4-11,29H,2-3H2,1H3,(H,26,27,28);4-11,28H,2-3H2,1H3,(H2,25,26,27,30). The Morgan fingerprint density at radius 2 is 1.05 bits per heavy atom. The molecule has 8 aromatic rings. The minimum absolute atomic E-state index is 0.0614. The van der Waals surface area contributed by atoms with Crippen LogP contribution in [0.1, 0.15) is 69.7 Å². The van der Waals surface area contributed by atoms with Gasteiger partial charge in [-0.1, -0.05) is 62.6 Å². The maximum atomic E-state index is 15.2. The third kappa shape index (κ3) is 9.44. The molecule has 0 amide bonds. The average molecular weight is 963 g/mol. The van der Waals surface area contributed by atoms with Gasteiger partial charge in [-0.3, -0.25) is 23.8 Å². The van der Waals surface area contributed by atoms with Gasteiger partial charge in [0.25, 0.3) is 25.6 Å². The number of ketones is 2. The van der Waals surface area contributed by atoms with E-state index in [-0.39, 0.29) is 48.1 Å². The van der Waals surface area contributed by atoms with Crippen molar-refractivity contribution in [1.82, 2.24) is 29.9 Å². The van der Waals surface area contributed by atoms with Crippen LogP contribution < -0.4 is 15.0 Å². The van der Waals surface area contributed by atoms with Crippen molar-refractivity contribution in [2.75, 3.05) is 9.44 Å². The van der Waals surface area contributed by atoms with Crippen molar-refractivity contribution in [2.45, 2.75) is 49.3 Å². The Hall–Kier alpha value is -7.23. The Balaban J connectivity index is 0.000000196. The summed E-state index contributed by atoms with van der Waals surface area (Å²) in [6.45, 7) is 3.99. The summed E-state index contributed by atoms with van der Waals surface area (Å²) in [7, 11) is -8.40. The van der Waals surface area contributed by atoms with Crippen LogP contribution in [0.3, 0.4) is 0 Å². The van der Waals surface area contributed by atoms with Crippen LogP contribution in [0.5, 0.6) is 0 Å². The molecule has 0 unspecified atom stereocenters. The number of hydrogen-bond donors (Lipinski definition) is 5. The Kier molecular flexibility index (Phi) is 13.5. The molecule has 0 spiro atoms. The Morgan fingerprint density at radius 1 is 0.606 bits per heavy atom. The van der Waals surface area contributed by atoms with Crippen LogP contribution >= 0.6 is 11.6 Å². The lowest BCUT2D eigenvalue weighted by Crippen LogP contribution is -2.17. The number of halogens is 5. The van der Waals surface area contributed by atoms with Gasteiger partial charge in [-0.15, -0.1) is 0 Å². The molecule has 340 valence electrons. The zero-order chi connectivity index (χ0) is 47.5. The van der Waals surface area contributed by atoms with Gasteiger partial charge in [0.15, 0.2) is 11.6 Å². The number of aromatic amines is 3. The largest absolute Gasteiger partial charge is 0.345 e. The van der Waals surface area contributed by atoms with E-state index in [1.807, 2.05) is 13.8 Å². The van der Waals surface area contributed by atoms with E-state index in [4.69, 9.17) is 11.6 Å². The predicted molar refractivity (Wildman–Crippen MR) is 238 cm³/mol. The molecular formula is C44H35ClF4N8O7S2. The molecule has 0 bridgehead atoms. The summed E-state index contributed by atoms with van der Waals surface area (Å²) in [4.78, 5) is 57.0. The SMILES string of the molecule is CCCc1ccc(S(=O)(=O)Nc2ccc(F)c(C(=O)c3c[nH]c4nc[nH]c(=O)c34)c2F)cc1.CCCc1ccc(S(=O)(=O)Nc2ccc(F)c(C(=O)c3c[nH]c4ncnc(Cl)c34)c2F)cc1. The second-order valence-electron chi connectivity index (χ2n) is 14.5. The maximum Gasteiger partial charge on any atom is 0.261 e. The minimum Gasteiger partial charge on any atom is -0.345 e. The number of nitrogens with one attached hydrogen (secondary N) is 5. The molecule has 15 nitrogen and oxygen atoms in total. The number of fused-ring (bicyclic) bond motifs is 2. The van der Waals surface area contributed by atoms with Gasteiger partial charge >= 0.3 is 0 Å². The smallest absolute Gasteiger partial charge is 0.261 e. The number of H-pyrrole nitrogens is 3. The van der Waals surface area contributed by atoms with Crippen molar-refractivity contribution < 1.29 is 44.0 Å². The molecule has 66 heavy (non-hydrogen) atoms. The van der Waals surface area contributed by atoms with Gasteiger partial charge in [0.2, 0.25) is 11.6 Å². The van der Waals surface area contributed by atoms with Crippen LogP contribution in [-0.4, -0.2) is 58.3 Å². The molecule has 5 N–H and O–H groups in total. The molecule has 0 atom stereocenters. The fourth-order valence-electron chi connectivity index (χ4n) is 6.86. The molecule has 0 saturated heterocycles. The third-order valence-corrected chi connectivity index (χ3v) is 13.1.